The van der Waals surface area contributed by atoms with Crippen LogP contribution in [0.25, 0.3) is 0 Å². The third-order valence-corrected chi connectivity index (χ3v) is 6.94. The van der Waals surface area contributed by atoms with Crippen molar-refractivity contribution in [3.8, 4) is 0 Å². The Morgan fingerprint density at radius 3 is 2.74 bits per heavy atom. The minimum Gasteiger partial charge on any atom is -0.384 e. The second kappa shape index (κ2) is 5.89. The van der Waals surface area contributed by atoms with Gasteiger partial charge in [-0.15, -0.1) is 0 Å². The van der Waals surface area contributed by atoms with Gasteiger partial charge in [0.25, 0.3) is 0 Å². The molecule has 126 valence electrons. The maximum Gasteiger partial charge on any atom is 0.236 e. The number of rotatable bonds is 4. The molecule has 2 heterocycles. The van der Waals surface area contributed by atoms with Gasteiger partial charge in [-0.3, -0.25) is 4.79 Å². The van der Waals surface area contributed by atoms with Gasteiger partial charge in [-0.05, 0) is 24.1 Å². The van der Waals surface area contributed by atoms with Gasteiger partial charge < -0.3 is 10.1 Å². The molecule has 0 aliphatic carbocycles. The average Bonchev–Trinajstić information content (AvgIpc) is 3.04. The number of fused-ring (bicyclic) bond motifs is 2. The number of carbonyl (C=O) groups is 1. The summed E-state index contributed by atoms with van der Waals surface area (Å²) in [4.78, 5) is 12.5. The summed E-state index contributed by atoms with van der Waals surface area (Å²) in [7, 11) is -2.01. The van der Waals surface area contributed by atoms with Crippen molar-refractivity contribution in [2.24, 2.45) is 0 Å². The van der Waals surface area contributed by atoms with E-state index in [0.717, 1.165) is 0 Å². The van der Waals surface area contributed by atoms with Gasteiger partial charge in [0.2, 0.25) is 15.9 Å². The lowest BCUT2D eigenvalue weighted by Gasteiger charge is -2.22. The van der Waals surface area contributed by atoms with Crippen LogP contribution in [0.2, 0.25) is 10.0 Å². The third kappa shape index (κ3) is 2.74. The Balaban J connectivity index is 1.94. The maximum absolute atomic E-state index is 12.5. The maximum atomic E-state index is 12.5. The highest BCUT2D eigenvalue weighted by molar-refractivity contribution is 7.89. The van der Waals surface area contributed by atoms with Crippen LogP contribution in [-0.4, -0.2) is 51.2 Å². The molecule has 3 rings (SSSR count). The Bertz CT molecular complexity index is 768. The van der Waals surface area contributed by atoms with Gasteiger partial charge in [-0.2, -0.15) is 0 Å². The number of anilines is 1. The molecule has 1 fully saturated rings. The van der Waals surface area contributed by atoms with E-state index in [0.29, 0.717) is 34.3 Å². The minimum absolute atomic E-state index is 0.102. The number of benzene rings is 1. The van der Waals surface area contributed by atoms with Crippen molar-refractivity contribution in [3.63, 3.8) is 0 Å². The molecule has 0 saturated carbocycles. The molecule has 1 amide bonds. The second-order valence-corrected chi connectivity index (χ2v) is 8.64. The first-order chi connectivity index (χ1) is 10.8. The van der Waals surface area contributed by atoms with Crippen molar-refractivity contribution in [1.29, 1.82) is 0 Å². The Labute approximate surface area is 144 Å². The van der Waals surface area contributed by atoms with Gasteiger partial charge in [0, 0.05) is 25.9 Å². The number of methoxy groups -OCH3 is 1. The molecular formula is C14H16Cl2N2O4S. The highest BCUT2D eigenvalue weighted by atomic mass is 35.5. The number of hydrogen-bond acceptors (Lipinski definition) is 4. The summed E-state index contributed by atoms with van der Waals surface area (Å²) in [6, 6.07) is 3.26. The lowest BCUT2D eigenvalue weighted by Crippen LogP contribution is -2.40. The van der Waals surface area contributed by atoms with E-state index in [4.69, 9.17) is 27.9 Å². The van der Waals surface area contributed by atoms with E-state index in [1.165, 1.54) is 11.4 Å². The zero-order valence-electron chi connectivity index (χ0n) is 12.4. The number of sulfonamides is 1. The molecule has 1 atom stereocenters. The van der Waals surface area contributed by atoms with Crippen LogP contribution in [0.3, 0.4) is 0 Å². The molecule has 1 saturated heterocycles. The van der Waals surface area contributed by atoms with E-state index in [1.807, 2.05) is 0 Å². The van der Waals surface area contributed by atoms with Crippen molar-refractivity contribution < 1.29 is 17.9 Å². The molecule has 23 heavy (non-hydrogen) atoms. The lowest BCUT2D eigenvalue weighted by molar-refractivity contribution is -0.120. The quantitative estimate of drug-likeness (QED) is 0.867. The van der Waals surface area contributed by atoms with Crippen LogP contribution in [0.5, 0.6) is 0 Å². The molecule has 6 nitrogen and oxygen atoms in total. The van der Waals surface area contributed by atoms with Gasteiger partial charge in [-0.1, -0.05) is 23.2 Å². The highest BCUT2D eigenvalue weighted by Gasteiger charge is 2.53. The molecule has 1 spiro atoms. The molecule has 1 aromatic carbocycles. The van der Waals surface area contributed by atoms with Crippen molar-refractivity contribution >= 4 is 44.8 Å². The summed E-state index contributed by atoms with van der Waals surface area (Å²) in [5.74, 6) is -0.314. The summed E-state index contributed by atoms with van der Waals surface area (Å²) in [6.45, 7) is 0.519. The van der Waals surface area contributed by atoms with E-state index < -0.39 is 15.4 Å². The van der Waals surface area contributed by atoms with E-state index in [1.54, 1.807) is 12.1 Å². The molecule has 2 aliphatic heterocycles. The van der Waals surface area contributed by atoms with Crippen LogP contribution in [0.4, 0.5) is 5.69 Å². The number of nitrogens with zero attached hydrogens (tertiary/aromatic N) is 1. The van der Waals surface area contributed by atoms with Crippen molar-refractivity contribution in [1.82, 2.24) is 4.31 Å². The first-order valence-corrected chi connectivity index (χ1v) is 9.44. The highest BCUT2D eigenvalue weighted by Crippen LogP contribution is 2.47. The standard InChI is InChI=1S/C14H16Cl2N2O4S/c1-22-4-5-23(20,21)18-3-2-14(8-18)9-6-10(15)11(16)7-12(9)17-13(14)19/h6-7H,2-5,8H2,1H3,(H,17,19)/t14-/m1/s1. The first-order valence-electron chi connectivity index (χ1n) is 7.08. The van der Waals surface area contributed by atoms with Gasteiger partial charge in [-0.25, -0.2) is 12.7 Å². The normalized spacial score (nSPS) is 24.2. The first kappa shape index (κ1) is 17.0. The number of ether oxygens (including phenoxy) is 1. The predicted octanol–water partition coefficient (Wildman–Crippen LogP) is 1.87. The topological polar surface area (TPSA) is 75.7 Å². The second-order valence-electron chi connectivity index (χ2n) is 5.74. The molecule has 0 bridgehead atoms. The molecule has 0 radical (unpaired) electrons. The molecule has 0 unspecified atom stereocenters. The van der Waals surface area contributed by atoms with Gasteiger partial charge in [0.1, 0.15) is 0 Å². The van der Waals surface area contributed by atoms with E-state index in [9.17, 15) is 13.2 Å². The molecule has 1 aromatic rings. The Hall–Kier alpha value is -0.860. The summed E-state index contributed by atoms with van der Waals surface area (Å²) in [6.07, 6.45) is 0.413. The van der Waals surface area contributed by atoms with Crippen LogP contribution in [0, 0.1) is 0 Å². The number of amides is 1. The average molecular weight is 379 g/mol. The number of hydrogen-bond donors (Lipinski definition) is 1. The van der Waals surface area contributed by atoms with Crippen LogP contribution in [0.15, 0.2) is 12.1 Å². The lowest BCUT2D eigenvalue weighted by atomic mass is 9.81. The fourth-order valence-corrected chi connectivity index (χ4v) is 4.89. The number of nitrogens with one attached hydrogen (secondary N) is 1. The van der Waals surface area contributed by atoms with E-state index >= 15 is 0 Å². The van der Waals surface area contributed by atoms with Crippen molar-refractivity contribution in [2.75, 3.05) is 37.9 Å². The zero-order valence-corrected chi connectivity index (χ0v) is 14.8. The molecule has 0 aromatic heterocycles. The monoisotopic (exact) mass is 378 g/mol. The minimum atomic E-state index is -3.46. The molecular weight excluding hydrogens is 363 g/mol. The van der Waals surface area contributed by atoms with Gasteiger partial charge >= 0.3 is 0 Å². The summed E-state index contributed by atoms with van der Waals surface area (Å²) in [5.41, 5.74) is 0.408. The van der Waals surface area contributed by atoms with Crippen LogP contribution >= 0.6 is 23.2 Å². The Morgan fingerprint density at radius 1 is 1.35 bits per heavy atom. The molecule has 9 heteroatoms. The summed E-state index contributed by atoms with van der Waals surface area (Å²) in [5, 5.41) is 3.49. The van der Waals surface area contributed by atoms with Crippen molar-refractivity contribution in [2.45, 2.75) is 11.8 Å². The largest absolute Gasteiger partial charge is 0.384 e. The Kier molecular flexibility index (Phi) is 4.35. The number of carbonyl (C=O) groups excluding carboxylic acids is 1. The zero-order chi connectivity index (χ0) is 16.8. The molecule has 2 aliphatic rings. The summed E-state index contributed by atoms with van der Waals surface area (Å²) < 4.78 is 30.9. The molecule has 1 N–H and O–H groups in total. The van der Waals surface area contributed by atoms with Crippen LogP contribution < -0.4 is 5.32 Å². The van der Waals surface area contributed by atoms with E-state index in [2.05, 4.69) is 5.32 Å². The van der Waals surface area contributed by atoms with Gasteiger partial charge in [0.15, 0.2) is 0 Å². The Morgan fingerprint density at radius 2 is 2.04 bits per heavy atom. The third-order valence-electron chi connectivity index (χ3n) is 4.43. The van der Waals surface area contributed by atoms with Crippen LogP contribution in [0.1, 0.15) is 12.0 Å². The smallest absolute Gasteiger partial charge is 0.236 e. The van der Waals surface area contributed by atoms with Crippen molar-refractivity contribution in [3.05, 3.63) is 27.7 Å². The van der Waals surface area contributed by atoms with Crippen LogP contribution in [-0.2, 0) is 25.0 Å². The number of halogens is 2. The fourth-order valence-electron chi connectivity index (χ4n) is 3.15. The predicted molar refractivity (Wildman–Crippen MR) is 88.6 cm³/mol. The SMILES string of the molecule is COCCS(=O)(=O)N1CC[C@]2(C1)C(=O)Nc1cc(Cl)c(Cl)cc12. The fraction of sp³-hybridized carbons (Fsp3) is 0.500. The summed E-state index contributed by atoms with van der Waals surface area (Å²) >= 11 is 12.1. The van der Waals surface area contributed by atoms with E-state index in [-0.39, 0.29) is 24.8 Å². The van der Waals surface area contributed by atoms with Gasteiger partial charge in [0.05, 0.1) is 27.8 Å².